The van der Waals surface area contributed by atoms with Gasteiger partial charge in [-0.15, -0.1) is 0 Å². The SMILES string of the molecule is CCC1C(=O)NC(C)(C)C(=O)N1Cc1ccncc1Cl. The highest BCUT2D eigenvalue weighted by Gasteiger charge is 2.44. The number of rotatable bonds is 3. The molecule has 6 heteroatoms. The summed E-state index contributed by atoms with van der Waals surface area (Å²) in [6.45, 7) is 5.62. The standard InChI is InChI=1S/C14H18ClN3O2/c1-4-11-12(19)17-14(2,3)13(20)18(11)8-9-5-6-16-7-10(9)15/h5-7,11H,4,8H2,1-3H3,(H,17,19). The van der Waals surface area contributed by atoms with Gasteiger partial charge in [-0.05, 0) is 31.9 Å². The van der Waals surface area contributed by atoms with Gasteiger partial charge in [-0.3, -0.25) is 14.6 Å². The number of carbonyl (C=O) groups is 2. The first kappa shape index (κ1) is 14.8. The summed E-state index contributed by atoms with van der Waals surface area (Å²) in [6, 6.07) is 1.31. The fraction of sp³-hybridized carbons (Fsp3) is 0.500. The number of piperazine rings is 1. The number of nitrogens with one attached hydrogen (secondary N) is 1. The van der Waals surface area contributed by atoms with Gasteiger partial charge in [-0.2, -0.15) is 0 Å². The summed E-state index contributed by atoms with van der Waals surface area (Å²) in [5.41, 5.74) is -0.0959. The van der Waals surface area contributed by atoms with E-state index >= 15 is 0 Å². The first-order valence-corrected chi connectivity index (χ1v) is 6.96. The zero-order chi connectivity index (χ0) is 14.9. The molecule has 1 unspecified atom stereocenters. The molecular formula is C14H18ClN3O2. The van der Waals surface area contributed by atoms with Crippen molar-refractivity contribution in [2.75, 3.05) is 0 Å². The van der Waals surface area contributed by atoms with Crippen LogP contribution in [-0.4, -0.2) is 33.3 Å². The second kappa shape index (κ2) is 5.40. The first-order chi connectivity index (χ1) is 9.36. The second-order valence-electron chi connectivity index (χ2n) is 5.44. The Hall–Kier alpha value is -1.62. The lowest BCUT2D eigenvalue weighted by atomic mass is 9.95. The van der Waals surface area contributed by atoms with Gasteiger partial charge in [0.2, 0.25) is 11.8 Å². The Labute approximate surface area is 123 Å². The van der Waals surface area contributed by atoms with Crippen molar-refractivity contribution in [2.45, 2.75) is 45.3 Å². The van der Waals surface area contributed by atoms with E-state index in [-0.39, 0.29) is 11.8 Å². The molecule has 0 saturated carbocycles. The summed E-state index contributed by atoms with van der Waals surface area (Å²) < 4.78 is 0. The van der Waals surface area contributed by atoms with Crippen molar-refractivity contribution in [2.24, 2.45) is 0 Å². The molecule has 0 bridgehead atoms. The van der Waals surface area contributed by atoms with Crippen molar-refractivity contribution >= 4 is 23.4 Å². The number of carbonyl (C=O) groups excluding carboxylic acids is 2. The smallest absolute Gasteiger partial charge is 0.248 e. The van der Waals surface area contributed by atoms with Crippen molar-refractivity contribution in [1.82, 2.24) is 15.2 Å². The Bertz CT molecular complexity index is 545. The molecule has 1 aliphatic rings. The lowest BCUT2D eigenvalue weighted by Crippen LogP contribution is -2.67. The summed E-state index contributed by atoms with van der Waals surface area (Å²) in [4.78, 5) is 30.2. The number of pyridine rings is 1. The molecule has 1 fully saturated rings. The number of halogens is 1. The highest BCUT2D eigenvalue weighted by Crippen LogP contribution is 2.24. The van der Waals surface area contributed by atoms with Crippen molar-refractivity contribution in [3.05, 3.63) is 29.0 Å². The molecule has 0 spiro atoms. The Morgan fingerprint density at radius 2 is 2.15 bits per heavy atom. The molecular weight excluding hydrogens is 278 g/mol. The number of amides is 2. The monoisotopic (exact) mass is 295 g/mol. The second-order valence-corrected chi connectivity index (χ2v) is 5.85. The van der Waals surface area contributed by atoms with Crippen LogP contribution < -0.4 is 5.32 Å². The molecule has 0 aromatic carbocycles. The largest absolute Gasteiger partial charge is 0.340 e. The van der Waals surface area contributed by atoms with Gasteiger partial charge >= 0.3 is 0 Å². The van der Waals surface area contributed by atoms with Crippen LogP contribution in [0.25, 0.3) is 0 Å². The zero-order valence-electron chi connectivity index (χ0n) is 11.8. The Morgan fingerprint density at radius 1 is 1.45 bits per heavy atom. The maximum Gasteiger partial charge on any atom is 0.248 e. The minimum absolute atomic E-state index is 0.100. The number of hydrogen-bond donors (Lipinski definition) is 1. The lowest BCUT2D eigenvalue weighted by Gasteiger charge is -2.42. The predicted octanol–water partition coefficient (Wildman–Crippen LogP) is 1.75. The molecule has 1 saturated heterocycles. The minimum atomic E-state index is -0.887. The molecule has 1 aromatic rings. The normalized spacial score (nSPS) is 21.8. The molecule has 1 aromatic heterocycles. The van der Waals surface area contributed by atoms with Crippen LogP contribution in [0.15, 0.2) is 18.5 Å². The van der Waals surface area contributed by atoms with Gasteiger partial charge in [-0.1, -0.05) is 18.5 Å². The van der Waals surface area contributed by atoms with E-state index in [0.717, 1.165) is 5.56 Å². The number of nitrogens with zero attached hydrogens (tertiary/aromatic N) is 2. The first-order valence-electron chi connectivity index (χ1n) is 6.58. The molecule has 108 valence electrons. The van der Waals surface area contributed by atoms with Crippen LogP contribution in [-0.2, 0) is 16.1 Å². The maximum absolute atomic E-state index is 12.5. The highest BCUT2D eigenvalue weighted by molar-refractivity contribution is 6.31. The molecule has 0 radical (unpaired) electrons. The summed E-state index contributed by atoms with van der Waals surface area (Å²) in [5.74, 6) is -0.223. The third kappa shape index (κ3) is 2.63. The Morgan fingerprint density at radius 3 is 2.75 bits per heavy atom. The van der Waals surface area contributed by atoms with Crippen LogP contribution in [0.1, 0.15) is 32.8 Å². The highest BCUT2D eigenvalue weighted by atomic mass is 35.5. The Kier molecular flexibility index (Phi) is 3.99. The van der Waals surface area contributed by atoms with Gasteiger partial charge in [0.25, 0.3) is 0 Å². The quantitative estimate of drug-likeness (QED) is 0.924. The van der Waals surface area contributed by atoms with Crippen LogP contribution in [0.4, 0.5) is 0 Å². The van der Waals surface area contributed by atoms with Gasteiger partial charge in [0.15, 0.2) is 0 Å². The van der Waals surface area contributed by atoms with Gasteiger partial charge in [0.05, 0.1) is 5.02 Å². The summed E-state index contributed by atoms with van der Waals surface area (Å²) in [5, 5.41) is 3.26. The molecule has 2 rings (SSSR count). The topological polar surface area (TPSA) is 62.3 Å². The fourth-order valence-corrected chi connectivity index (χ4v) is 2.57. The van der Waals surface area contributed by atoms with Crippen LogP contribution in [0.3, 0.4) is 0 Å². The van der Waals surface area contributed by atoms with E-state index in [2.05, 4.69) is 10.3 Å². The molecule has 1 aliphatic heterocycles. The van der Waals surface area contributed by atoms with Crippen LogP contribution in [0.2, 0.25) is 5.02 Å². The van der Waals surface area contributed by atoms with Gasteiger partial charge in [0, 0.05) is 18.9 Å². The van der Waals surface area contributed by atoms with Crippen molar-refractivity contribution in [3.8, 4) is 0 Å². The van der Waals surface area contributed by atoms with Crippen molar-refractivity contribution < 1.29 is 9.59 Å². The zero-order valence-corrected chi connectivity index (χ0v) is 12.6. The molecule has 1 atom stereocenters. The van der Waals surface area contributed by atoms with E-state index in [4.69, 9.17) is 11.6 Å². The summed E-state index contributed by atoms with van der Waals surface area (Å²) >= 11 is 6.09. The van der Waals surface area contributed by atoms with Crippen LogP contribution in [0.5, 0.6) is 0 Å². The maximum atomic E-state index is 12.5. The number of aromatic nitrogens is 1. The third-order valence-electron chi connectivity index (χ3n) is 3.49. The van der Waals surface area contributed by atoms with Gasteiger partial charge < -0.3 is 10.2 Å². The molecule has 2 amide bonds. The summed E-state index contributed by atoms with van der Waals surface area (Å²) in [7, 11) is 0. The van der Waals surface area contributed by atoms with Crippen molar-refractivity contribution in [3.63, 3.8) is 0 Å². The predicted molar refractivity (Wildman–Crippen MR) is 76.1 cm³/mol. The van der Waals surface area contributed by atoms with E-state index in [1.807, 2.05) is 6.92 Å². The molecule has 0 aliphatic carbocycles. The molecule has 1 N–H and O–H groups in total. The molecule has 20 heavy (non-hydrogen) atoms. The van der Waals surface area contributed by atoms with Gasteiger partial charge in [-0.25, -0.2) is 0 Å². The van der Waals surface area contributed by atoms with E-state index in [9.17, 15) is 9.59 Å². The average Bonchev–Trinajstić information content (AvgIpc) is 2.38. The van der Waals surface area contributed by atoms with E-state index in [0.29, 0.717) is 18.0 Å². The molecule has 2 heterocycles. The lowest BCUT2D eigenvalue weighted by molar-refractivity contribution is -0.154. The van der Waals surface area contributed by atoms with Crippen LogP contribution >= 0.6 is 11.6 Å². The summed E-state index contributed by atoms with van der Waals surface area (Å²) in [6.07, 6.45) is 3.73. The average molecular weight is 296 g/mol. The fourth-order valence-electron chi connectivity index (χ4n) is 2.39. The number of hydrogen-bond acceptors (Lipinski definition) is 3. The third-order valence-corrected chi connectivity index (χ3v) is 3.83. The van der Waals surface area contributed by atoms with Crippen LogP contribution in [0, 0.1) is 0 Å². The minimum Gasteiger partial charge on any atom is -0.340 e. The van der Waals surface area contributed by atoms with Gasteiger partial charge in [0.1, 0.15) is 11.6 Å². The van der Waals surface area contributed by atoms with E-state index < -0.39 is 11.6 Å². The van der Waals surface area contributed by atoms with Crippen molar-refractivity contribution in [1.29, 1.82) is 0 Å². The Balaban J connectivity index is 2.33. The van der Waals surface area contributed by atoms with E-state index in [1.165, 1.54) is 6.20 Å². The van der Waals surface area contributed by atoms with E-state index in [1.54, 1.807) is 31.0 Å². The molecule has 5 nitrogen and oxygen atoms in total.